The maximum Gasteiger partial charge on any atom is 0.364 e. The number of carboxylic acids is 4. The summed E-state index contributed by atoms with van der Waals surface area (Å²) >= 11 is 0. The van der Waals surface area contributed by atoms with Crippen LogP contribution >= 0.6 is 0 Å². The molecule has 0 aliphatic carbocycles. The predicted octanol–water partition coefficient (Wildman–Crippen LogP) is -12.2. The van der Waals surface area contributed by atoms with Crippen molar-refractivity contribution < 1.29 is 178 Å². The number of nitrogens with one attached hydrogen (secondary N) is 12. The fourth-order valence-corrected chi connectivity index (χ4v) is 16.9. The highest BCUT2D eigenvalue weighted by atomic mass is 16.8. The number of anilines is 8. The van der Waals surface area contributed by atoms with Gasteiger partial charge in [-0.3, -0.25) is 57.5 Å². The summed E-state index contributed by atoms with van der Waals surface area (Å²) in [4.78, 5) is 209. The predicted molar refractivity (Wildman–Crippen MR) is 485 cm³/mol. The average Bonchev–Trinajstić information content (AvgIpc) is 0.780. The van der Waals surface area contributed by atoms with Crippen LogP contribution < -0.4 is 107 Å². The molecule has 8 rings (SSSR count). The van der Waals surface area contributed by atoms with Crippen LogP contribution in [-0.4, -0.2) is 400 Å². The molecule has 56 nitrogen and oxygen atoms in total. The Labute approximate surface area is 800 Å². The van der Waals surface area contributed by atoms with E-state index in [9.17, 15) is 179 Å². The number of unbranched alkanes of at least 4 members (excludes halogenated alkanes) is 8. The van der Waals surface area contributed by atoms with Crippen molar-refractivity contribution in [3.8, 4) is 0 Å². The largest absolute Gasteiger partial charge is 0.477 e. The van der Waals surface area contributed by atoms with Crippen LogP contribution in [0.2, 0.25) is 0 Å². The summed E-state index contributed by atoms with van der Waals surface area (Å²) < 4.78 is 45.4. The normalized spacial score (nSPS) is 26.6. The lowest BCUT2D eigenvalue weighted by Crippen LogP contribution is -2.67. The van der Waals surface area contributed by atoms with Gasteiger partial charge in [0.1, 0.15) is 119 Å². The molecule has 0 spiro atoms. The summed E-state index contributed by atoms with van der Waals surface area (Å²) in [6, 6.07) is -5.97. The molecule has 4 saturated heterocycles. The van der Waals surface area contributed by atoms with Crippen molar-refractivity contribution in [1.29, 1.82) is 0 Å². The van der Waals surface area contributed by atoms with Gasteiger partial charge < -0.3 is 204 Å². The van der Waals surface area contributed by atoms with Gasteiger partial charge in [0.15, 0.2) is 0 Å². The van der Waals surface area contributed by atoms with E-state index in [0.29, 0.717) is 0 Å². The first-order chi connectivity index (χ1) is 66.5. The van der Waals surface area contributed by atoms with E-state index in [1.807, 2.05) is 0 Å². The minimum atomic E-state index is -2.68. The van der Waals surface area contributed by atoms with Crippen molar-refractivity contribution >= 4 is 93.0 Å². The zero-order chi connectivity index (χ0) is 105. The van der Waals surface area contributed by atoms with Crippen LogP contribution in [0.3, 0.4) is 0 Å². The lowest BCUT2D eigenvalue weighted by Gasteiger charge is -2.46. The number of ether oxygens (including phenoxy) is 8. The van der Waals surface area contributed by atoms with Crippen LogP contribution in [0.4, 0.5) is 45.5 Å². The molecule has 141 heavy (non-hydrogen) atoms. The van der Waals surface area contributed by atoms with Gasteiger partial charge in [0.05, 0.1) is 101 Å². The second-order valence-corrected chi connectivity index (χ2v) is 35.4. The number of aliphatic hydroxyl groups is 16. The molecule has 792 valence electrons. The van der Waals surface area contributed by atoms with Crippen molar-refractivity contribution in [3.63, 3.8) is 0 Å². The summed E-state index contributed by atoms with van der Waals surface area (Å²) in [7, 11) is 0. The Morgan fingerprint density at radius 2 is 0.468 bits per heavy atom. The third-order valence-electron chi connectivity index (χ3n) is 24.8. The Kier molecular flexibility index (Phi) is 42.4. The highest BCUT2D eigenvalue weighted by Crippen LogP contribution is 2.40. The Balaban J connectivity index is 1.04. The molecule has 0 bridgehead atoms. The van der Waals surface area contributed by atoms with E-state index in [4.69, 9.17) is 37.9 Å². The van der Waals surface area contributed by atoms with Crippen molar-refractivity contribution in [3.05, 3.63) is 81.8 Å². The third kappa shape index (κ3) is 28.2. The summed E-state index contributed by atoms with van der Waals surface area (Å²) in [6.45, 7) is -4.45. The molecule has 0 unspecified atom stereocenters. The molecule has 4 aliphatic heterocycles. The molecular weight excluding hydrogens is 1890 g/mol. The van der Waals surface area contributed by atoms with E-state index in [0.717, 1.165) is 27.7 Å². The fraction of sp³-hybridized carbons (Fsp3) is 0.718. The lowest BCUT2D eigenvalue weighted by atomic mass is 9.85. The highest BCUT2D eigenvalue weighted by molar-refractivity contribution is 5.81. The van der Waals surface area contributed by atoms with Crippen molar-refractivity contribution in [2.75, 3.05) is 148 Å². The zero-order valence-corrected chi connectivity index (χ0v) is 77.4. The van der Waals surface area contributed by atoms with E-state index in [-0.39, 0.29) is 149 Å². The first kappa shape index (κ1) is 116. The van der Waals surface area contributed by atoms with Crippen LogP contribution in [0.15, 0.2) is 38.4 Å². The van der Waals surface area contributed by atoms with Crippen LogP contribution in [0.5, 0.6) is 0 Å². The standard InChI is InChI=1S/C85H128N12O44/c1-37(102)94-49-41(106)25-82(77(126)127,138-73(49)61(114)45(110)29-98)134-21-13-5-9-17-86-53-57(69(122)65(53)118)90-33-81(34-91-58-54(66(119)70(58)123)87-18-10-6-14-22-135-83(78(128)129)26-42(107)50(95-38(2)103)74(139-83)62(115)46(111)30-99,35-92-59-55(67(120)71(59)124)88-19-11-7-15-23-136-84(79(130)131)27-43(108)51(96-39(3)104)75(140-84)63(116)47(112)31-100)36-93-60-56(68(121)72(60)125)89-20-12-8-16-24-137-85(80(132)133)28-44(109)52(97-40(4)105)76(141-85)64(117)48(113)32-101/h41-52,61-64,73-76,86-93,98-101,106-117H,5-36H2,1-4H3,(H,94,102)(H,95,103)(H,96,104)(H,97,105)(H,126,127)(H,128,129)(H,130,131)(H,132,133)/t41-,42-,43-,44-,45+,46+,47+,48+,49+,50+,51+,52+,61+,62+,63+,64+,73+,74+,75+,76+,82+,83+,84+,85+/m0/s1. The third-order valence-corrected chi connectivity index (χ3v) is 24.8. The number of carbonyl (C=O) groups is 8. The van der Waals surface area contributed by atoms with Gasteiger partial charge >= 0.3 is 23.9 Å². The summed E-state index contributed by atoms with van der Waals surface area (Å²) in [5.41, 5.74) is -13.3. The number of hydrogen-bond acceptors (Lipinski definition) is 48. The van der Waals surface area contributed by atoms with E-state index in [1.54, 1.807) is 0 Å². The fourth-order valence-electron chi connectivity index (χ4n) is 16.9. The number of amides is 4. The van der Waals surface area contributed by atoms with Crippen LogP contribution in [-0.2, 0) is 76.3 Å². The Morgan fingerprint density at radius 3 is 0.624 bits per heavy atom. The minimum Gasteiger partial charge on any atom is -0.477 e. The van der Waals surface area contributed by atoms with Crippen LogP contribution in [0.25, 0.3) is 0 Å². The highest BCUT2D eigenvalue weighted by Gasteiger charge is 2.61. The molecule has 0 saturated carbocycles. The summed E-state index contributed by atoms with van der Waals surface area (Å²) in [5, 5.41) is 241. The van der Waals surface area contributed by atoms with E-state index in [2.05, 4.69) is 63.8 Å². The monoisotopic (exact) mass is 2020 g/mol. The van der Waals surface area contributed by atoms with Gasteiger partial charge in [0.25, 0.3) is 66.6 Å². The maximum atomic E-state index is 13.8. The number of hydrogen-bond donors (Lipinski definition) is 32. The molecular formula is C85H128N12O44. The van der Waals surface area contributed by atoms with Gasteiger partial charge in [-0.1, -0.05) is 0 Å². The number of aliphatic carboxylic acids is 4. The van der Waals surface area contributed by atoms with Gasteiger partial charge in [-0.05, 0) is 77.0 Å². The molecule has 4 aromatic carbocycles. The summed E-state index contributed by atoms with van der Waals surface area (Å²) in [5.74, 6) is -20.8. The second kappa shape index (κ2) is 51.6. The number of aliphatic hydroxyl groups excluding tert-OH is 16. The number of rotatable bonds is 64. The Morgan fingerprint density at radius 1 is 0.298 bits per heavy atom. The second-order valence-electron chi connectivity index (χ2n) is 35.4. The van der Waals surface area contributed by atoms with E-state index < -0.39 is 346 Å². The molecule has 0 radical (unpaired) electrons. The molecule has 56 heteroatoms. The molecule has 0 aromatic heterocycles. The molecule has 24 atom stereocenters. The smallest absolute Gasteiger partial charge is 0.364 e. The quantitative estimate of drug-likeness (QED) is 0.0144. The van der Waals surface area contributed by atoms with Crippen molar-refractivity contribution in [1.82, 2.24) is 21.3 Å². The molecule has 4 amide bonds. The Hall–Kier alpha value is -10.5. The molecule has 4 aromatic rings. The van der Waals surface area contributed by atoms with Crippen LogP contribution in [0.1, 0.15) is 130 Å². The van der Waals surface area contributed by atoms with E-state index >= 15 is 0 Å². The van der Waals surface area contributed by atoms with Crippen molar-refractivity contribution in [2.24, 2.45) is 5.41 Å². The van der Waals surface area contributed by atoms with Gasteiger partial charge in [-0.15, -0.1) is 0 Å². The topological polar surface area (TPSA) is 896 Å². The minimum absolute atomic E-state index is 0.0263. The first-order valence-corrected chi connectivity index (χ1v) is 45.7. The SMILES string of the molecule is CC(=O)N[C@H]1[C@H]([C@H](O)[C@H](O)CO)O[C@@](OCCCCCNc2c(NCC(CNc3c(NCCCCCO[C@]4(C(=O)O)C[C@H](O)[C@@H](NC(C)=O)[C@H]([C@H](O)[C@H](O)CO)O4)c(=O)c3=O)(CNc3c(NCCCCCO[C@]4(C(=O)O)C[C@H](O)[C@@H](NC(C)=O)[C@H]([C@H](O)[C@H](O)CO)O4)c(=O)c3=O)CNc3c(NCCCCCO[C@]4(C(=O)O)C[C@H](O)[C@@H](NC(C)=O)[C@H]([C@H](O)[C@H](O)CO)O4)c(=O)c3=O)c(=O)c2=O)(C(=O)O)C[C@@H]1O. The molecule has 4 heterocycles. The van der Waals surface area contributed by atoms with Gasteiger partial charge in [-0.2, -0.15) is 0 Å². The van der Waals surface area contributed by atoms with Gasteiger partial charge in [-0.25, -0.2) is 19.2 Å². The van der Waals surface area contributed by atoms with Gasteiger partial charge in [0.2, 0.25) is 23.6 Å². The average molecular weight is 2020 g/mol. The number of carboxylic acid groups (broad SMARTS) is 4. The zero-order valence-electron chi connectivity index (χ0n) is 77.4. The summed E-state index contributed by atoms with van der Waals surface area (Å²) in [6.07, 6.45) is -32.4. The molecule has 4 aliphatic rings. The lowest BCUT2D eigenvalue weighted by molar-refractivity contribution is -0.311. The first-order valence-electron chi connectivity index (χ1n) is 45.7. The number of carbonyl (C=O) groups excluding carboxylic acids is 4. The van der Waals surface area contributed by atoms with Crippen LogP contribution in [0, 0.1) is 5.41 Å². The van der Waals surface area contributed by atoms with E-state index in [1.165, 1.54) is 0 Å². The van der Waals surface area contributed by atoms with Crippen molar-refractivity contribution in [2.45, 2.75) is 275 Å². The van der Waals surface area contributed by atoms with Gasteiger partial charge in [0, 0.05) is 111 Å². The Bertz CT molecular complexity index is 4570. The molecule has 4 fully saturated rings. The maximum absolute atomic E-state index is 13.8. The molecule has 32 N–H and O–H groups in total.